The molecule has 19 heavy (non-hydrogen) atoms. The number of aryl methyl sites for hydroxylation is 1. The average molecular weight is 277 g/mol. The van der Waals surface area contributed by atoms with Gasteiger partial charge in [0, 0.05) is 11.9 Å². The van der Waals surface area contributed by atoms with Gasteiger partial charge in [0.15, 0.2) is 0 Å². The minimum atomic E-state index is -0.292. The first-order valence-corrected chi connectivity index (χ1v) is 6.05. The number of rotatable bonds is 3. The van der Waals surface area contributed by atoms with E-state index in [9.17, 15) is 4.79 Å². The van der Waals surface area contributed by atoms with E-state index in [1.165, 1.54) is 0 Å². The van der Waals surface area contributed by atoms with Crippen molar-refractivity contribution in [1.29, 1.82) is 0 Å². The van der Waals surface area contributed by atoms with E-state index in [0.717, 1.165) is 5.69 Å². The highest BCUT2D eigenvalue weighted by molar-refractivity contribution is 6.34. The summed E-state index contributed by atoms with van der Waals surface area (Å²) >= 11 is 5.95. The normalized spacial score (nSPS) is 10.2. The Labute approximate surface area is 115 Å². The van der Waals surface area contributed by atoms with Gasteiger partial charge in [0.1, 0.15) is 0 Å². The van der Waals surface area contributed by atoms with E-state index in [0.29, 0.717) is 22.0 Å². The fourth-order valence-electron chi connectivity index (χ4n) is 1.49. The summed E-state index contributed by atoms with van der Waals surface area (Å²) in [7, 11) is 0. The Balaban J connectivity index is 2.05. The van der Waals surface area contributed by atoms with Gasteiger partial charge in [0.25, 0.3) is 5.91 Å². The Morgan fingerprint density at radius 1 is 1.37 bits per heavy atom. The number of amides is 1. The molecule has 0 atom stereocenters. The van der Waals surface area contributed by atoms with Crippen molar-refractivity contribution in [2.45, 2.75) is 13.5 Å². The molecule has 0 aliphatic rings. The van der Waals surface area contributed by atoms with E-state index in [4.69, 9.17) is 17.3 Å². The molecule has 98 valence electrons. The van der Waals surface area contributed by atoms with Crippen LogP contribution in [0.3, 0.4) is 0 Å². The highest BCUT2D eigenvalue weighted by Gasteiger charge is 2.10. The Kier molecular flexibility index (Phi) is 3.97. The van der Waals surface area contributed by atoms with Gasteiger partial charge >= 0.3 is 0 Å². The molecule has 6 heteroatoms. The fourth-order valence-corrected chi connectivity index (χ4v) is 1.70. The summed E-state index contributed by atoms with van der Waals surface area (Å²) in [5.41, 5.74) is 7.97. The second-order valence-electron chi connectivity index (χ2n) is 4.07. The molecular weight excluding hydrogens is 264 g/mol. The zero-order valence-electron chi connectivity index (χ0n) is 10.4. The molecule has 1 aromatic heterocycles. The standard InChI is InChI=1S/C13H13ClN4O/c1-8-5-17-10(6-16-8)7-18-13(19)11-4-9(15)2-3-12(11)14/h2-6H,7,15H2,1H3,(H,18,19). The number of nitrogen functional groups attached to an aromatic ring is 1. The molecule has 0 saturated carbocycles. The first-order valence-electron chi connectivity index (χ1n) is 5.67. The molecule has 1 amide bonds. The van der Waals surface area contributed by atoms with E-state index in [2.05, 4.69) is 15.3 Å². The summed E-state index contributed by atoms with van der Waals surface area (Å²) in [6, 6.07) is 4.78. The van der Waals surface area contributed by atoms with Gasteiger partial charge in [-0.15, -0.1) is 0 Å². The number of aromatic nitrogens is 2. The van der Waals surface area contributed by atoms with E-state index >= 15 is 0 Å². The molecule has 0 unspecified atom stereocenters. The van der Waals surface area contributed by atoms with Gasteiger partial charge in [0.2, 0.25) is 0 Å². The minimum Gasteiger partial charge on any atom is -0.399 e. The summed E-state index contributed by atoms with van der Waals surface area (Å²) < 4.78 is 0. The molecule has 0 aliphatic carbocycles. The molecule has 3 N–H and O–H groups in total. The van der Waals surface area contributed by atoms with Crippen LogP contribution in [0.15, 0.2) is 30.6 Å². The smallest absolute Gasteiger partial charge is 0.253 e. The Bertz CT molecular complexity index is 598. The Morgan fingerprint density at radius 2 is 2.16 bits per heavy atom. The lowest BCUT2D eigenvalue weighted by Gasteiger charge is -2.07. The maximum Gasteiger partial charge on any atom is 0.253 e. The van der Waals surface area contributed by atoms with Crippen LogP contribution < -0.4 is 11.1 Å². The number of carbonyl (C=O) groups is 1. The van der Waals surface area contributed by atoms with Gasteiger partial charge in [-0.25, -0.2) is 0 Å². The SMILES string of the molecule is Cc1cnc(CNC(=O)c2cc(N)ccc2Cl)cn1. The van der Waals surface area contributed by atoms with Crippen LogP contribution >= 0.6 is 11.6 Å². The maximum atomic E-state index is 12.0. The number of benzene rings is 1. The highest BCUT2D eigenvalue weighted by atomic mass is 35.5. The first-order chi connectivity index (χ1) is 9.06. The van der Waals surface area contributed by atoms with E-state index < -0.39 is 0 Å². The molecule has 0 radical (unpaired) electrons. The Morgan fingerprint density at radius 3 is 2.84 bits per heavy atom. The largest absolute Gasteiger partial charge is 0.399 e. The van der Waals surface area contributed by atoms with Crippen LogP contribution in [0.4, 0.5) is 5.69 Å². The minimum absolute atomic E-state index is 0.289. The van der Waals surface area contributed by atoms with Crippen LogP contribution in [-0.2, 0) is 6.54 Å². The lowest BCUT2D eigenvalue weighted by Crippen LogP contribution is -2.23. The number of hydrogen-bond donors (Lipinski definition) is 2. The zero-order chi connectivity index (χ0) is 13.8. The molecule has 0 saturated heterocycles. The maximum absolute atomic E-state index is 12.0. The number of nitrogens with two attached hydrogens (primary N) is 1. The third-order valence-corrected chi connectivity index (χ3v) is 2.83. The quantitative estimate of drug-likeness (QED) is 0.840. The van der Waals surface area contributed by atoms with Gasteiger partial charge in [-0.2, -0.15) is 0 Å². The summed E-state index contributed by atoms with van der Waals surface area (Å²) in [5.74, 6) is -0.292. The monoisotopic (exact) mass is 276 g/mol. The molecule has 2 rings (SSSR count). The van der Waals surface area contributed by atoms with Crippen molar-refractivity contribution in [3.63, 3.8) is 0 Å². The lowest BCUT2D eigenvalue weighted by atomic mass is 10.2. The van der Waals surface area contributed by atoms with Crippen molar-refractivity contribution in [3.05, 3.63) is 52.6 Å². The molecule has 1 aromatic carbocycles. The van der Waals surface area contributed by atoms with Gasteiger partial charge in [-0.05, 0) is 25.1 Å². The number of hydrogen-bond acceptors (Lipinski definition) is 4. The molecule has 0 fully saturated rings. The van der Waals surface area contributed by atoms with Gasteiger partial charge in [0.05, 0.1) is 34.7 Å². The summed E-state index contributed by atoms with van der Waals surface area (Å²) in [4.78, 5) is 20.2. The summed E-state index contributed by atoms with van der Waals surface area (Å²) in [6.45, 7) is 2.14. The molecule has 0 spiro atoms. The second-order valence-corrected chi connectivity index (χ2v) is 4.48. The summed E-state index contributed by atoms with van der Waals surface area (Å²) in [5, 5.41) is 3.08. The number of nitrogens with zero attached hydrogens (tertiary/aromatic N) is 2. The molecular formula is C13H13ClN4O. The van der Waals surface area contributed by atoms with E-state index in [1.807, 2.05) is 6.92 Å². The molecule has 0 bridgehead atoms. The molecule has 5 nitrogen and oxygen atoms in total. The van der Waals surface area contributed by atoms with E-state index in [-0.39, 0.29) is 12.5 Å². The lowest BCUT2D eigenvalue weighted by molar-refractivity contribution is 0.0950. The van der Waals surface area contributed by atoms with Gasteiger partial charge in [-0.3, -0.25) is 14.8 Å². The predicted octanol–water partition coefficient (Wildman–Crippen LogP) is 1.95. The fraction of sp³-hybridized carbons (Fsp3) is 0.154. The first kappa shape index (κ1) is 13.3. The van der Waals surface area contributed by atoms with Crippen molar-refractivity contribution in [3.8, 4) is 0 Å². The van der Waals surface area contributed by atoms with Crippen molar-refractivity contribution in [2.75, 3.05) is 5.73 Å². The third kappa shape index (κ3) is 3.42. The van der Waals surface area contributed by atoms with Gasteiger partial charge < -0.3 is 11.1 Å². The molecule has 0 aliphatic heterocycles. The number of halogens is 1. The van der Waals surface area contributed by atoms with Crippen molar-refractivity contribution in [1.82, 2.24) is 15.3 Å². The van der Waals surface area contributed by atoms with Crippen LogP contribution in [0.25, 0.3) is 0 Å². The number of carbonyl (C=O) groups excluding carboxylic acids is 1. The average Bonchev–Trinajstić information content (AvgIpc) is 2.40. The highest BCUT2D eigenvalue weighted by Crippen LogP contribution is 2.18. The zero-order valence-corrected chi connectivity index (χ0v) is 11.1. The van der Waals surface area contributed by atoms with E-state index in [1.54, 1.807) is 30.6 Å². The molecule has 1 heterocycles. The van der Waals surface area contributed by atoms with Crippen LogP contribution in [-0.4, -0.2) is 15.9 Å². The van der Waals surface area contributed by atoms with Crippen LogP contribution in [0, 0.1) is 6.92 Å². The van der Waals surface area contributed by atoms with Crippen LogP contribution in [0.2, 0.25) is 5.02 Å². The van der Waals surface area contributed by atoms with Crippen LogP contribution in [0.1, 0.15) is 21.7 Å². The van der Waals surface area contributed by atoms with Crippen molar-refractivity contribution < 1.29 is 4.79 Å². The number of nitrogens with one attached hydrogen (secondary N) is 1. The predicted molar refractivity (Wildman–Crippen MR) is 73.8 cm³/mol. The topological polar surface area (TPSA) is 80.9 Å². The molecule has 2 aromatic rings. The second kappa shape index (κ2) is 5.67. The summed E-state index contributed by atoms with van der Waals surface area (Å²) in [6.07, 6.45) is 3.27. The van der Waals surface area contributed by atoms with Crippen LogP contribution in [0.5, 0.6) is 0 Å². The van der Waals surface area contributed by atoms with Crippen molar-refractivity contribution >= 4 is 23.2 Å². The van der Waals surface area contributed by atoms with Crippen molar-refractivity contribution in [2.24, 2.45) is 0 Å². The Hall–Kier alpha value is -2.14. The van der Waals surface area contributed by atoms with Gasteiger partial charge in [-0.1, -0.05) is 11.6 Å². The number of anilines is 1. The third-order valence-electron chi connectivity index (χ3n) is 2.50.